The molecule has 2 aliphatic rings. The molecule has 3 nitrogen and oxygen atoms in total. The predicted octanol–water partition coefficient (Wildman–Crippen LogP) is 3.58. The first-order chi connectivity index (χ1) is 10.4. The Labute approximate surface area is 124 Å². The van der Waals surface area contributed by atoms with Crippen molar-refractivity contribution < 1.29 is 4.74 Å². The van der Waals surface area contributed by atoms with E-state index in [4.69, 9.17) is 9.84 Å². The van der Waals surface area contributed by atoms with Crippen LogP contribution >= 0.6 is 0 Å². The largest absolute Gasteiger partial charge is 0.466 e. The van der Waals surface area contributed by atoms with Crippen LogP contribution in [-0.2, 0) is 4.74 Å². The van der Waals surface area contributed by atoms with Crippen LogP contribution in [0.3, 0.4) is 0 Å². The molecule has 2 aromatic carbocycles. The van der Waals surface area contributed by atoms with Gasteiger partial charge < -0.3 is 4.74 Å². The van der Waals surface area contributed by atoms with Gasteiger partial charge in [0.1, 0.15) is 6.10 Å². The van der Waals surface area contributed by atoms with Gasteiger partial charge in [0.05, 0.1) is 6.04 Å². The summed E-state index contributed by atoms with van der Waals surface area (Å²) < 4.78 is 6.28. The van der Waals surface area contributed by atoms with Crippen LogP contribution in [0.2, 0.25) is 0 Å². The van der Waals surface area contributed by atoms with E-state index in [0.717, 1.165) is 24.4 Å². The van der Waals surface area contributed by atoms with Crippen LogP contribution < -0.4 is 0 Å². The highest BCUT2D eigenvalue weighted by atomic mass is 16.5. The number of hydrogen-bond donors (Lipinski definition) is 0. The van der Waals surface area contributed by atoms with Crippen molar-refractivity contribution in [2.24, 2.45) is 5.10 Å². The molecule has 0 aliphatic carbocycles. The van der Waals surface area contributed by atoms with Crippen molar-refractivity contribution in [2.75, 3.05) is 6.54 Å². The Kier molecular flexibility index (Phi) is 3.11. The fraction of sp³-hybridized carbons (Fsp3) is 0.278. The summed E-state index contributed by atoms with van der Waals surface area (Å²) in [7, 11) is 0. The van der Waals surface area contributed by atoms with Gasteiger partial charge in [-0.2, -0.15) is 0 Å². The molecule has 2 atom stereocenters. The minimum Gasteiger partial charge on any atom is -0.466 e. The molecule has 2 heterocycles. The standard InChI is InChI=1S/C18H18N2O/c1-3-8-14(9-4-1)17-16-12-7-13-20(16)19-18(21-17)15-10-5-2-6-11-15/h1-6,8-11,16-17H,7,12-13H2/t16-,17-/m0/s1. The Morgan fingerprint density at radius 2 is 1.67 bits per heavy atom. The van der Waals surface area contributed by atoms with E-state index in [1.165, 1.54) is 12.0 Å². The molecule has 4 rings (SSSR count). The number of hydrazone groups is 1. The van der Waals surface area contributed by atoms with Crippen LogP contribution in [0.5, 0.6) is 0 Å². The maximum absolute atomic E-state index is 6.28. The van der Waals surface area contributed by atoms with Gasteiger partial charge in [-0.15, -0.1) is 5.10 Å². The van der Waals surface area contributed by atoms with E-state index in [9.17, 15) is 0 Å². The zero-order valence-electron chi connectivity index (χ0n) is 11.9. The summed E-state index contributed by atoms with van der Waals surface area (Å²) in [6.45, 7) is 1.02. The molecule has 2 aliphatic heterocycles. The third kappa shape index (κ3) is 2.29. The van der Waals surface area contributed by atoms with Gasteiger partial charge in [-0.1, -0.05) is 48.5 Å². The Hall–Kier alpha value is -2.29. The molecule has 0 aromatic heterocycles. The van der Waals surface area contributed by atoms with Gasteiger partial charge in [-0.05, 0) is 30.5 Å². The van der Waals surface area contributed by atoms with Crippen molar-refractivity contribution >= 4 is 5.90 Å². The minimum atomic E-state index is 0.0707. The smallest absolute Gasteiger partial charge is 0.238 e. The molecule has 21 heavy (non-hydrogen) atoms. The van der Waals surface area contributed by atoms with Gasteiger partial charge in [-0.3, -0.25) is 5.01 Å². The maximum Gasteiger partial charge on any atom is 0.238 e. The summed E-state index contributed by atoms with van der Waals surface area (Å²) in [5.41, 5.74) is 2.28. The minimum absolute atomic E-state index is 0.0707. The number of rotatable bonds is 2. The second-order valence-electron chi connectivity index (χ2n) is 5.59. The van der Waals surface area contributed by atoms with E-state index >= 15 is 0 Å². The second kappa shape index (κ2) is 5.24. The molecule has 0 bridgehead atoms. The van der Waals surface area contributed by atoms with Crippen molar-refractivity contribution in [1.82, 2.24) is 5.01 Å². The second-order valence-corrected chi connectivity index (χ2v) is 5.59. The van der Waals surface area contributed by atoms with Gasteiger partial charge in [0.15, 0.2) is 0 Å². The van der Waals surface area contributed by atoms with E-state index in [-0.39, 0.29) is 6.10 Å². The van der Waals surface area contributed by atoms with E-state index in [2.05, 4.69) is 41.4 Å². The lowest BCUT2D eigenvalue weighted by Gasteiger charge is -2.35. The van der Waals surface area contributed by atoms with Gasteiger partial charge in [0.2, 0.25) is 5.90 Å². The number of nitrogens with zero attached hydrogens (tertiary/aromatic N) is 2. The van der Waals surface area contributed by atoms with Crippen molar-refractivity contribution in [3.8, 4) is 0 Å². The topological polar surface area (TPSA) is 24.8 Å². The normalized spacial score (nSPS) is 24.2. The van der Waals surface area contributed by atoms with Crippen LogP contribution in [0, 0.1) is 0 Å². The van der Waals surface area contributed by atoms with Gasteiger partial charge in [-0.25, -0.2) is 0 Å². The summed E-state index contributed by atoms with van der Waals surface area (Å²) in [6.07, 6.45) is 2.40. The maximum atomic E-state index is 6.28. The Morgan fingerprint density at radius 3 is 2.43 bits per heavy atom. The van der Waals surface area contributed by atoms with Gasteiger partial charge in [0.25, 0.3) is 0 Å². The fourth-order valence-corrected chi connectivity index (χ4v) is 3.19. The zero-order chi connectivity index (χ0) is 14.1. The van der Waals surface area contributed by atoms with E-state index < -0.39 is 0 Å². The van der Waals surface area contributed by atoms with Crippen LogP contribution in [0.4, 0.5) is 0 Å². The lowest BCUT2D eigenvalue weighted by atomic mass is 10.00. The quantitative estimate of drug-likeness (QED) is 0.838. The lowest BCUT2D eigenvalue weighted by Crippen LogP contribution is -2.39. The molecule has 2 aromatic rings. The average molecular weight is 278 g/mol. The summed E-state index contributed by atoms with van der Waals surface area (Å²) in [4.78, 5) is 0. The summed E-state index contributed by atoms with van der Waals surface area (Å²) >= 11 is 0. The van der Waals surface area contributed by atoms with Crippen LogP contribution in [0.25, 0.3) is 0 Å². The lowest BCUT2D eigenvalue weighted by molar-refractivity contribution is 0.0532. The first kappa shape index (κ1) is 12.5. The molecule has 0 N–H and O–H groups in total. The fourth-order valence-electron chi connectivity index (χ4n) is 3.19. The van der Waals surface area contributed by atoms with Crippen molar-refractivity contribution in [2.45, 2.75) is 25.0 Å². The monoisotopic (exact) mass is 278 g/mol. The van der Waals surface area contributed by atoms with Crippen LogP contribution in [0.15, 0.2) is 65.8 Å². The molecule has 0 radical (unpaired) electrons. The highest BCUT2D eigenvalue weighted by molar-refractivity contribution is 5.94. The molecule has 0 unspecified atom stereocenters. The van der Waals surface area contributed by atoms with Gasteiger partial charge >= 0.3 is 0 Å². The zero-order valence-corrected chi connectivity index (χ0v) is 11.9. The highest BCUT2D eigenvalue weighted by Gasteiger charge is 2.38. The molecule has 0 spiro atoms. The molecular weight excluding hydrogens is 260 g/mol. The molecule has 0 saturated carbocycles. The van der Waals surface area contributed by atoms with E-state index in [1.54, 1.807) is 0 Å². The molecule has 106 valence electrons. The first-order valence-electron chi connectivity index (χ1n) is 7.54. The molecule has 1 saturated heterocycles. The highest BCUT2D eigenvalue weighted by Crippen LogP contribution is 2.36. The summed E-state index contributed by atoms with van der Waals surface area (Å²) in [5, 5.41) is 6.93. The van der Waals surface area contributed by atoms with Gasteiger partial charge in [0, 0.05) is 12.1 Å². The summed E-state index contributed by atoms with van der Waals surface area (Å²) in [6, 6.07) is 21.0. The summed E-state index contributed by atoms with van der Waals surface area (Å²) in [5.74, 6) is 0.739. The SMILES string of the molecule is c1ccc(C2=NN3CCC[C@H]3[C@H](c3ccccc3)O2)cc1. The first-order valence-corrected chi connectivity index (χ1v) is 7.54. The third-order valence-electron chi connectivity index (χ3n) is 4.23. The van der Waals surface area contributed by atoms with E-state index in [1.807, 2.05) is 24.3 Å². The number of fused-ring (bicyclic) bond motifs is 1. The predicted molar refractivity (Wildman–Crippen MR) is 83.0 cm³/mol. The van der Waals surface area contributed by atoms with Crippen LogP contribution in [-0.4, -0.2) is 23.5 Å². The van der Waals surface area contributed by atoms with Crippen molar-refractivity contribution in [1.29, 1.82) is 0 Å². The third-order valence-corrected chi connectivity index (χ3v) is 4.23. The molecule has 1 fully saturated rings. The number of ether oxygens (including phenoxy) is 1. The Balaban J connectivity index is 1.72. The molecule has 3 heteroatoms. The van der Waals surface area contributed by atoms with Crippen LogP contribution in [0.1, 0.15) is 30.1 Å². The van der Waals surface area contributed by atoms with Crippen molar-refractivity contribution in [3.05, 3.63) is 71.8 Å². The Bertz CT molecular complexity index is 639. The molecule has 0 amide bonds. The van der Waals surface area contributed by atoms with E-state index in [0.29, 0.717) is 6.04 Å². The molecular formula is C18H18N2O. The number of benzene rings is 2. The average Bonchev–Trinajstić information content (AvgIpc) is 3.04. The van der Waals surface area contributed by atoms with Crippen molar-refractivity contribution in [3.63, 3.8) is 0 Å². The number of hydrogen-bond acceptors (Lipinski definition) is 3. The Morgan fingerprint density at radius 1 is 0.952 bits per heavy atom.